The van der Waals surface area contributed by atoms with Crippen LogP contribution < -0.4 is 0 Å². The van der Waals surface area contributed by atoms with Crippen LogP contribution in [0.5, 0.6) is 0 Å². The topological polar surface area (TPSA) is 48.5 Å². The van der Waals surface area contributed by atoms with Crippen molar-refractivity contribution in [3.05, 3.63) is 55.1 Å². The first-order chi connectivity index (χ1) is 7.93. The van der Waals surface area contributed by atoms with Gasteiger partial charge in [-0.1, -0.05) is 6.07 Å². The Balaban J connectivity index is 2.07. The Morgan fingerprint density at radius 1 is 0.750 bits per heavy atom. The van der Waals surface area contributed by atoms with Crippen molar-refractivity contribution >= 4 is 0 Å². The third kappa shape index (κ3) is 1.48. The van der Waals surface area contributed by atoms with E-state index in [4.69, 9.17) is 0 Å². The van der Waals surface area contributed by atoms with Crippen LogP contribution in [0, 0.1) is 0 Å². The van der Waals surface area contributed by atoms with Crippen molar-refractivity contribution in [3.8, 4) is 11.6 Å². The van der Waals surface area contributed by atoms with E-state index in [0.717, 1.165) is 11.6 Å². The van der Waals surface area contributed by atoms with Gasteiger partial charge in [0.15, 0.2) is 11.6 Å². The van der Waals surface area contributed by atoms with Crippen molar-refractivity contribution < 1.29 is 0 Å². The molecule has 0 aromatic carbocycles. The highest BCUT2D eigenvalue weighted by atomic mass is 15.3. The van der Waals surface area contributed by atoms with Gasteiger partial charge in [0.2, 0.25) is 0 Å². The Hall–Kier alpha value is -2.43. The lowest BCUT2D eigenvalue weighted by molar-refractivity contribution is 0.803. The Kier molecular flexibility index (Phi) is 2.00. The van der Waals surface area contributed by atoms with E-state index >= 15 is 0 Å². The van der Waals surface area contributed by atoms with E-state index in [-0.39, 0.29) is 0 Å². The van der Waals surface area contributed by atoms with E-state index in [1.165, 1.54) is 0 Å². The minimum Gasteiger partial charge on any atom is -0.223 e. The molecule has 0 amide bonds. The molecule has 16 heavy (non-hydrogen) atoms. The molecule has 0 aliphatic heterocycles. The molecule has 0 saturated carbocycles. The quantitative estimate of drug-likeness (QED) is 0.644. The van der Waals surface area contributed by atoms with Gasteiger partial charge in [0, 0.05) is 24.8 Å². The maximum absolute atomic E-state index is 4.46. The summed E-state index contributed by atoms with van der Waals surface area (Å²) in [7, 11) is 0. The number of nitrogens with zero attached hydrogens (tertiary/aromatic N) is 5. The van der Waals surface area contributed by atoms with Crippen molar-refractivity contribution in [3.63, 3.8) is 0 Å². The van der Waals surface area contributed by atoms with Crippen LogP contribution in [-0.2, 0) is 0 Å². The average Bonchev–Trinajstić information content (AvgIpc) is 3.03. The summed E-state index contributed by atoms with van der Waals surface area (Å²) in [4.78, 5) is 4.46. The minimum absolute atomic E-state index is 0.776. The smallest absolute Gasteiger partial charge is 0.155 e. The summed E-state index contributed by atoms with van der Waals surface area (Å²) in [6.45, 7) is 0. The van der Waals surface area contributed by atoms with Crippen LogP contribution in [0.3, 0.4) is 0 Å². The summed E-state index contributed by atoms with van der Waals surface area (Å²) in [6, 6.07) is 9.46. The normalized spacial score (nSPS) is 10.5. The molecule has 0 saturated heterocycles. The van der Waals surface area contributed by atoms with Crippen molar-refractivity contribution in [2.45, 2.75) is 0 Å². The Morgan fingerprint density at radius 2 is 1.31 bits per heavy atom. The van der Waals surface area contributed by atoms with Gasteiger partial charge in [-0.05, 0) is 24.3 Å². The molecule has 0 fully saturated rings. The summed E-state index contributed by atoms with van der Waals surface area (Å²) in [6.07, 6.45) is 7.16. The van der Waals surface area contributed by atoms with Gasteiger partial charge in [0.25, 0.3) is 0 Å². The van der Waals surface area contributed by atoms with Gasteiger partial charge in [0.05, 0.1) is 0 Å². The van der Waals surface area contributed by atoms with E-state index in [1.807, 2.05) is 42.7 Å². The van der Waals surface area contributed by atoms with E-state index in [1.54, 1.807) is 21.8 Å². The summed E-state index contributed by atoms with van der Waals surface area (Å²) in [5.41, 5.74) is 0. The van der Waals surface area contributed by atoms with Crippen molar-refractivity contribution in [2.75, 3.05) is 0 Å². The van der Waals surface area contributed by atoms with Gasteiger partial charge in [-0.15, -0.1) is 0 Å². The van der Waals surface area contributed by atoms with Crippen molar-refractivity contribution in [1.29, 1.82) is 0 Å². The number of aromatic nitrogens is 5. The largest absolute Gasteiger partial charge is 0.223 e. The fourth-order valence-electron chi connectivity index (χ4n) is 1.48. The second-order valence-corrected chi connectivity index (χ2v) is 3.26. The SMILES string of the molecule is c1cc(-n2cccn2)nc(-n2cccn2)c1. The number of rotatable bonds is 2. The third-order valence-electron chi connectivity index (χ3n) is 2.20. The summed E-state index contributed by atoms with van der Waals surface area (Å²) >= 11 is 0. The monoisotopic (exact) mass is 211 g/mol. The first-order valence-electron chi connectivity index (χ1n) is 4.90. The first-order valence-corrected chi connectivity index (χ1v) is 4.90. The average molecular weight is 211 g/mol. The van der Waals surface area contributed by atoms with Crippen LogP contribution in [-0.4, -0.2) is 24.5 Å². The third-order valence-corrected chi connectivity index (χ3v) is 2.20. The molecule has 0 aliphatic carbocycles. The van der Waals surface area contributed by atoms with Gasteiger partial charge in [0.1, 0.15) is 0 Å². The highest BCUT2D eigenvalue weighted by Crippen LogP contribution is 2.07. The van der Waals surface area contributed by atoms with Crippen LogP contribution >= 0.6 is 0 Å². The molecule has 5 nitrogen and oxygen atoms in total. The number of hydrogen-bond acceptors (Lipinski definition) is 3. The lowest BCUT2D eigenvalue weighted by atomic mass is 10.4. The molecular weight excluding hydrogens is 202 g/mol. The summed E-state index contributed by atoms with van der Waals surface area (Å²) in [5.74, 6) is 1.55. The molecular formula is C11H9N5. The van der Waals surface area contributed by atoms with E-state index in [2.05, 4.69) is 15.2 Å². The predicted octanol–water partition coefficient (Wildman–Crippen LogP) is 1.45. The van der Waals surface area contributed by atoms with Crippen LogP contribution in [0.1, 0.15) is 0 Å². The zero-order chi connectivity index (χ0) is 10.8. The zero-order valence-corrected chi connectivity index (χ0v) is 8.43. The van der Waals surface area contributed by atoms with Crippen molar-refractivity contribution in [2.24, 2.45) is 0 Å². The fourth-order valence-corrected chi connectivity index (χ4v) is 1.48. The van der Waals surface area contributed by atoms with Gasteiger partial charge in [-0.25, -0.2) is 14.3 Å². The molecule has 78 valence electrons. The zero-order valence-electron chi connectivity index (χ0n) is 8.43. The molecule has 3 aromatic rings. The summed E-state index contributed by atoms with van der Waals surface area (Å²) < 4.78 is 3.43. The van der Waals surface area contributed by atoms with Gasteiger partial charge >= 0.3 is 0 Å². The van der Waals surface area contributed by atoms with Gasteiger partial charge in [-0.3, -0.25) is 0 Å². The standard InChI is InChI=1S/C11H9N5/c1-4-10(15-8-2-6-12-15)14-11(5-1)16-9-3-7-13-16/h1-9H. The maximum Gasteiger partial charge on any atom is 0.155 e. The second kappa shape index (κ2) is 3.62. The van der Waals surface area contributed by atoms with E-state index in [0.29, 0.717) is 0 Å². The molecule has 3 aromatic heterocycles. The number of pyridine rings is 1. The van der Waals surface area contributed by atoms with Crippen molar-refractivity contribution in [1.82, 2.24) is 24.5 Å². The molecule has 3 heterocycles. The van der Waals surface area contributed by atoms with Crippen LogP contribution in [0.25, 0.3) is 11.6 Å². The van der Waals surface area contributed by atoms with Gasteiger partial charge < -0.3 is 0 Å². The lowest BCUT2D eigenvalue weighted by Crippen LogP contribution is -2.03. The molecule has 5 heteroatoms. The molecule has 3 rings (SSSR count). The molecule has 0 bridgehead atoms. The van der Waals surface area contributed by atoms with E-state index < -0.39 is 0 Å². The maximum atomic E-state index is 4.46. The molecule has 0 N–H and O–H groups in total. The van der Waals surface area contributed by atoms with Crippen LogP contribution in [0.4, 0.5) is 0 Å². The molecule has 0 unspecified atom stereocenters. The molecule has 0 spiro atoms. The summed E-state index contributed by atoms with van der Waals surface area (Å²) in [5, 5.41) is 8.27. The number of hydrogen-bond donors (Lipinski definition) is 0. The Bertz CT molecular complexity index is 519. The highest BCUT2D eigenvalue weighted by Gasteiger charge is 2.01. The highest BCUT2D eigenvalue weighted by molar-refractivity contribution is 5.30. The molecule has 0 atom stereocenters. The predicted molar refractivity (Wildman–Crippen MR) is 58.5 cm³/mol. The van der Waals surface area contributed by atoms with Gasteiger partial charge in [-0.2, -0.15) is 10.2 Å². The van der Waals surface area contributed by atoms with Crippen LogP contribution in [0.2, 0.25) is 0 Å². The minimum atomic E-state index is 0.776. The fraction of sp³-hybridized carbons (Fsp3) is 0. The molecule has 0 aliphatic rings. The Labute approximate surface area is 92.0 Å². The van der Waals surface area contributed by atoms with Crippen LogP contribution in [0.15, 0.2) is 55.1 Å². The lowest BCUT2D eigenvalue weighted by Gasteiger charge is -2.03. The first kappa shape index (κ1) is 8.84. The van der Waals surface area contributed by atoms with E-state index in [9.17, 15) is 0 Å². The molecule has 0 radical (unpaired) electrons. The Morgan fingerprint density at radius 3 is 1.75 bits per heavy atom. The second-order valence-electron chi connectivity index (χ2n) is 3.26.